The van der Waals surface area contributed by atoms with Gasteiger partial charge in [-0.2, -0.15) is 0 Å². The highest BCUT2D eigenvalue weighted by Gasteiger charge is 2.49. The van der Waals surface area contributed by atoms with Crippen LogP contribution in [0.4, 0.5) is 17.1 Å². The van der Waals surface area contributed by atoms with Gasteiger partial charge in [0.2, 0.25) is 0 Å². The molecule has 4 heteroatoms. The van der Waals surface area contributed by atoms with E-state index in [0.29, 0.717) is 0 Å². The van der Waals surface area contributed by atoms with E-state index in [4.69, 9.17) is 4.42 Å². The Labute approximate surface area is 305 Å². The topological polar surface area (TPSA) is 16.4 Å². The molecule has 0 saturated heterocycles. The number of hydrogen-bond donors (Lipinski definition) is 0. The summed E-state index contributed by atoms with van der Waals surface area (Å²) in [4.78, 5) is 2.62. The molecule has 0 unspecified atom stereocenters. The molecule has 3 heterocycles. The number of fused-ring (bicyclic) bond motifs is 10. The van der Waals surface area contributed by atoms with Crippen LogP contribution in [0.3, 0.4) is 0 Å². The first kappa shape index (κ1) is 30.0. The largest absolute Gasteiger partial charge is 0.456 e. The molecule has 0 N–H and O–H groups in total. The van der Waals surface area contributed by atoms with Gasteiger partial charge in [0.1, 0.15) is 27.3 Å². The number of nitrogens with zero attached hydrogens (tertiary/aromatic N) is 1. The van der Waals surface area contributed by atoms with Crippen molar-refractivity contribution >= 4 is 97.4 Å². The van der Waals surface area contributed by atoms with Gasteiger partial charge in [-0.15, -0.1) is 0 Å². The lowest BCUT2D eigenvalue weighted by atomic mass is 9.97. The molecule has 1 aromatic heterocycles. The van der Waals surface area contributed by atoms with Gasteiger partial charge in [0.25, 0.3) is 0 Å². The van der Waals surface area contributed by atoms with Crippen LogP contribution in [0.5, 0.6) is 0 Å². The minimum absolute atomic E-state index is 0.970. The number of rotatable bonds is 2. The van der Waals surface area contributed by atoms with Gasteiger partial charge in [-0.3, -0.25) is 0 Å². The van der Waals surface area contributed by atoms with Gasteiger partial charge >= 0.3 is 0 Å². The maximum absolute atomic E-state index is 6.94. The Bertz CT molecular complexity index is 2970. The lowest BCUT2D eigenvalue weighted by Gasteiger charge is -2.48. The standard InChI is InChI=1S/C48H37NOSi2/c1-51(2)43-27-32(36-20-11-15-30-13-5-7-17-34(30)36)23-25-40(43)49-41-26-24-33(37-21-12-16-31-14-6-8-18-35(31)37)28-44(41)52(3,4)48-46(49)45(51)29-39-38-19-9-10-22-42(38)50-47(39)48/h5-29H,1-4H3. The summed E-state index contributed by atoms with van der Waals surface area (Å²) in [6.45, 7) is 10.2. The lowest BCUT2D eigenvalue weighted by molar-refractivity contribution is 0.671. The SMILES string of the molecule is C[Si]1(C)c2cc(-c3cccc4ccccc34)ccc2N2c3ccc(-c4cccc5ccccc45)cc3[Si](C)(C)c3c2c1cc1c3oc2ccccc21. The second-order valence-corrected chi connectivity index (χ2v) is 24.3. The average Bonchev–Trinajstić information content (AvgIpc) is 3.55. The number of benzene rings is 8. The second kappa shape index (κ2) is 10.4. The summed E-state index contributed by atoms with van der Waals surface area (Å²) in [5.74, 6) is 0. The van der Waals surface area contributed by atoms with E-state index < -0.39 is 16.1 Å². The van der Waals surface area contributed by atoms with Crippen LogP contribution >= 0.6 is 0 Å². The second-order valence-electron chi connectivity index (χ2n) is 15.7. The van der Waals surface area contributed by atoms with Crippen LogP contribution in [0.15, 0.2) is 156 Å². The zero-order chi connectivity index (χ0) is 34.9. The molecule has 2 aliphatic heterocycles. The predicted molar refractivity (Wildman–Crippen MR) is 228 cm³/mol. The molecule has 0 aliphatic carbocycles. The molecule has 0 spiro atoms. The van der Waals surface area contributed by atoms with E-state index in [2.05, 4.69) is 183 Å². The number of para-hydroxylation sites is 1. The van der Waals surface area contributed by atoms with Gasteiger partial charge in [0, 0.05) is 33.0 Å². The van der Waals surface area contributed by atoms with Crippen molar-refractivity contribution < 1.29 is 4.42 Å². The molecular weight excluding hydrogens is 663 g/mol. The minimum atomic E-state index is -2.34. The van der Waals surface area contributed by atoms with Crippen LogP contribution in [-0.2, 0) is 0 Å². The van der Waals surface area contributed by atoms with Crippen molar-refractivity contribution in [3.63, 3.8) is 0 Å². The first-order valence-corrected chi connectivity index (χ1v) is 24.4. The van der Waals surface area contributed by atoms with Crippen molar-refractivity contribution in [1.29, 1.82) is 0 Å². The van der Waals surface area contributed by atoms with Gasteiger partial charge in [-0.25, -0.2) is 0 Å². The number of furan rings is 1. The Balaban J connectivity index is 1.23. The van der Waals surface area contributed by atoms with Crippen molar-refractivity contribution in [2.24, 2.45) is 0 Å². The molecule has 8 aromatic carbocycles. The molecule has 11 rings (SSSR count). The summed E-state index contributed by atoms with van der Waals surface area (Å²) < 4.78 is 6.94. The van der Waals surface area contributed by atoms with E-state index in [1.807, 2.05) is 0 Å². The summed E-state index contributed by atoms with van der Waals surface area (Å²) >= 11 is 0. The molecular formula is C48H37NOSi2. The maximum atomic E-state index is 6.94. The summed E-state index contributed by atoms with van der Waals surface area (Å²) in [5, 5.41) is 13.5. The molecule has 248 valence electrons. The third-order valence-electron chi connectivity index (χ3n) is 12.2. The third kappa shape index (κ3) is 3.94. The highest BCUT2D eigenvalue weighted by molar-refractivity contribution is 7.07. The van der Waals surface area contributed by atoms with Crippen LogP contribution in [0.25, 0.3) is 65.7 Å². The molecule has 0 radical (unpaired) electrons. The van der Waals surface area contributed by atoms with Gasteiger partial charge in [0.05, 0.1) is 0 Å². The van der Waals surface area contributed by atoms with E-state index in [1.54, 1.807) is 0 Å². The van der Waals surface area contributed by atoms with Crippen molar-refractivity contribution in [3.05, 3.63) is 152 Å². The fourth-order valence-corrected chi connectivity index (χ4v) is 15.9. The van der Waals surface area contributed by atoms with Gasteiger partial charge in [0.15, 0.2) is 0 Å². The van der Waals surface area contributed by atoms with E-state index in [9.17, 15) is 0 Å². The summed E-state index contributed by atoms with van der Waals surface area (Å²) in [6.07, 6.45) is 0. The fourth-order valence-electron chi connectivity index (χ4n) is 9.54. The fraction of sp³-hybridized carbons (Fsp3) is 0.0833. The van der Waals surface area contributed by atoms with Gasteiger partial charge in [-0.1, -0.05) is 154 Å². The van der Waals surface area contributed by atoms with Crippen LogP contribution in [0.1, 0.15) is 0 Å². The summed E-state index contributed by atoms with van der Waals surface area (Å²) in [6, 6.07) is 56.7. The zero-order valence-electron chi connectivity index (χ0n) is 29.8. The van der Waals surface area contributed by atoms with Crippen LogP contribution < -0.4 is 25.6 Å². The molecule has 2 nitrogen and oxygen atoms in total. The maximum Gasteiger partial charge on any atom is 0.137 e. The predicted octanol–water partition coefficient (Wildman–Crippen LogP) is 11.0. The van der Waals surface area contributed by atoms with E-state index in [1.165, 1.54) is 92.4 Å². The zero-order valence-corrected chi connectivity index (χ0v) is 31.8. The Morgan fingerprint density at radius 1 is 0.442 bits per heavy atom. The molecule has 2 aliphatic rings. The minimum Gasteiger partial charge on any atom is -0.456 e. The van der Waals surface area contributed by atoms with E-state index in [-0.39, 0.29) is 0 Å². The number of anilines is 3. The van der Waals surface area contributed by atoms with Crippen LogP contribution in [-0.4, -0.2) is 16.1 Å². The van der Waals surface area contributed by atoms with Crippen molar-refractivity contribution in [3.8, 4) is 22.3 Å². The first-order chi connectivity index (χ1) is 25.3. The van der Waals surface area contributed by atoms with Crippen LogP contribution in [0.2, 0.25) is 26.2 Å². The Hall–Kier alpha value is -5.69. The molecule has 0 amide bonds. The highest BCUT2D eigenvalue weighted by Crippen LogP contribution is 2.46. The highest BCUT2D eigenvalue weighted by atomic mass is 28.3. The summed E-state index contributed by atoms with van der Waals surface area (Å²) in [7, 11) is -4.57. The third-order valence-corrected chi connectivity index (χ3v) is 19.1. The van der Waals surface area contributed by atoms with Crippen molar-refractivity contribution in [2.45, 2.75) is 26.2 Å². The Morgan fingerprint density at radius 2 is 0.962 bits per heavy atom. The molecule has 9 aromatic rings. The lowest BCUT2D eigenvalue weighted by Crippen LogP contribution is -2.66. The average molecular weight is 700 g/mol. The molecule has 0 saturated carbocycles. The first-order valence-electron chi connectivity index (χ1n) is 18.4. The molecule has 0 fully saturated rings. The van der Waals surface area contributed by atoms with E-state index >= 15 is 0 Å². The van der Waals surface area contributed by atoms with Gasteiger partial charge < -0.3 is 9.32 Å². The van der Waals surface area contributed by atoms with Crippen molar-refractivity contribution in [1.82, 2.24) is 0 Å². The quantitative estimate of drug-likeness (QED) is 0.167. The Kier molecular flexibility index (Phi) is 6.02. The monoisotopic (exact) mass is 699 g/mol. The van der Waals surface area contributed by atoms with E-state index in [0.717, 1.165) is 11.2 Å². The van der Waals surface area contributed by atoms with Crippen molar-refractivity contribution in [2.75, 3.05) is 4.90 Å². The smallest absolute Gasteiger partial charge is 0.137 e. The molecule has 0 bridgehead atoms. The Morgan fingerprint density at radius 3 is 1.58 bits per heavy atom. The van der Waals surface area contributed by atoms with Gasteiger partial charge in [-0.05, 0) is 83.6 Å². The van der Waals surface area contributed by atoms with Crippen LogP contribution in [0, 0.1) is 0 Å². The molecule has 52 heavy (non-hydrogen) atoms. The number of hydrogen-bond acceptors (Lipinski definition) is 2. The normalized spacial score (nSPS) is 15.2. The molecule has 0 atom stereocenters. The summed E-state index contributed by atoms with van der Waals surface area (Å²) in [5.41, 5.74) is 11.2.